The molecule has 160 valence electrons. The van der Waals surface area contributed by atoms with Gasteiger partial charge in [0.1, 0.15) is 0 Å². The summed E-state index contributed by atoms with van der Waals surface area (Å²) in [7, 11) is 0. The van der Waals surface area contributed by atoms with E-state index in [2.05, 4.69) is 22.4 Å². The molecule has 0 fully saturated rings. The molecule has 4 aromatic rings. The Morgan fingerprint density at radius 3 is 2.53 bits per heavy atom. The lowest BCUT2D eigenvalue weighted by Crippen LogP contribution is -2.46. The van der Waals surface area contributed by atoms with E-state index in [0.717, 1.165) is 33.8 Å². The van der Waals surface area contributed by atoms with Crippen LogP contribution in [0.1, 0.15) is 36.9 Å². The zero-order chi connectivity index (χ0) is 22.1. The average Bonchev–Trinajstić information content (AvgIpc) is 3.52. The van der Waals surface area contributed by atoms with Gasteiger partial charge in [0.15, 0.2) is 0 Å². The molecule has 0 saturated carbocycles. The number of aromatic nitrogens is 2. The molecule has 1 unspecified atom stereocenters. The van der Waals surface area contributed by atoms with E-state index in [9.17, 15) is 4.79 Å². The maximum Gasteiger partial charge on any atom is 0.326 e. The molecule has 0 bridgehead atoms. The Bertz CT molecular complexity index is 1260. The monoisotopic (exact) mass is 442 g/mol. The molecule has 0 saturated heterocycles. The van der Waals surface area contributed by atoms with E-state index in [4.69, 9.17) is 4.52 Å². The molecule has 0 aliphatic carbocycles. The van der Waals surface area contributed by atoms with Crippen molar-refractivity contribution in [3.05, 3.63) is 94.8 Å². The van der Waals surface area contributed by atoms with E-state index in [0.29, 0.717) is 11.7 Å². The second-order valence-corrected chi connectivity index (χ2v) is 8.50. The second-order valence-electron chi connectivity index (χ2n) is 7.55. The van der Waals surface area contributed by atoms with Crippen LogP contribution in [0, 0.1) is 0 Å². The van der Waals surface area contributed by atoms with Crippen LogP contribution in [0.2, 0.25) is 0 Å². The lowest BCUT2D eigenvalue weighted by molar-refractivity contribution is 0.244. The number of allylic oxidation sites excluding steroid dienone is 1. The summed E-state index contributed by atoms with van der Waals surface area (Å²) < 4.78 is 5.72. The largest absolute Gasteiger partial charge is 0.334 e. The minimum absolute atomic E-state index is 0.192. The van der Waals surface area contributed by atoms with Crippen molar-refractivity contribution in [2.75, 3.05) is 4.90 Å². The topological polar surface area (TPSA) is 71.3 Å². The van der Waals surface area contributed by atoms with Gasteiger partial charge in [-0.3, -0.25) is 4.90 Å². The number of amides is 2. The van der Waals surface area contributed by atoms with E-state index < -0.39 is 6.04 Å². The molecule has 1 aliphatic rings. The highest BCUT2D eigenvalue weighted by atomic mass is 32.1. The fourth-order valence-corrected chi connectivity index (χ4v) is 4.60. The number of nitrogens with one attached hydrogen (secondary N) is 1. The number of hydrogen-bond acceptors (Lipinski definition) is 5. The van der Waals surface area contributed by atoms with E-state index >= 15 is 0 Å². The van der Waals surface area contributed by atoms with E-state index in [-0.39, 0.29) is 6.03 Å². The van der Waals surface area contributed by atoms with Gasteiger partial charge in [0.25, 0.3) is 5.89 Å². The van der Waals surface area contributed by atoms with Crippen LogP contribution in [-0.4, -0.2) is 16.2 Å². The lowest BCUT2D eigenvalue weighted by Gasteiger charge is -2.35. The molecule has 1 aliphatic heterocycles. The number of hydrogen-bond donors (Lipinski definition) is 1. The van der Waals surface area contributed by atoms with E-state index in [1.807, 2.05) is 79.0 Å². The van der Waals surface area contributed by atoms with Gasteiger partial charge < -0.3 is 9.84 Å². The third kappa shape index (κ3) is 3.61. The minimum atomic E-state index is -0.397. The van der Waals surface area contributed by atoms with Crippen molar-refractivity contribution in [3.8, 4) is 10.7 Å². The van der Waals surface area contributed by atoms with Crippen molar-refractivity contribution < 1.29 is 9.32 Å². The number of nitrogens with zero attached hydrogens (tertiary/aromatic N) is 3. The van der Waals surface area contributed by atoms with Crippen LogP contribution in [0.5, 0.6) is 0 Å². The molecule has 0 spiro atoms. The van der Waals surface area contributed by atoms with Crippen LogP contribution in [-0.2, 0) is 6.42 Å². The van der Waals surface area contributed by atoms with E-state index in [1.165, 1.54) is 5.56 Å². The number of thiophene rings is 1. The van der Waals surface area contributed by atoms with Gasteiger partial charge in [0.2, 0.25) is 5.82 Å². The molecule has 1 atom stereocenters. The van der Waals surface area contributed by atoms with Gasteiger partial charge in [0.05, 0.1) is 22.2 Å². The first kappa shape index (κ1) is 20.2. The van der Waals surface area contributed by atoms with Crippen molar-refractivity contribution in [2.45, 2.75) is 26.3 Å². The van der Waals surface area contributed by atoms with Crippen molar-refractivity contribution in [2.24, 2.45) is 0 Å². The fourth-order valence-electron chi connectivity index (χ4n) is 3.95. The summed E-state index contributed by atoms with van der Waals surface area (Å²) in [5.74, 6) is 0.938. The molecule has 2 aromatic carbocycles. The summed E-state index contributed by atoms with van der Waals surface area (Å²) in [6, 6.07) is 21.2. The van der Waals surface area contributed by atoms with Gasteiger partial charge in [-0.25, -0.2) is 4.79 Å². The molecule has 2 aromatic heterocycles. The third-order valence-electron chi connectivity index (χ3n) is 5.62. The van der Waals surface area contributed by atoms with Crippen LogP contribution in [0.15, 0.2) is 82.3 Å². The van der Waals surface area contributed by atoms with Crippen LogP contribution >= 0.6 is 11.3 Å². The molecular formula is C25H22N4O2S. The summed E-state index contributed by atoms with van der Waals surface area (Å²) in [6.45, 7) is 4.03. The quantitative estimate of drug-likeness (QED) is 0.408. The Kier molecular flexibility index (Phi) is 5.33. The number of carbonyl (C=O) groups excluding carboxylic acids is 1. The zero-order valence-corrected chi connectivity index (χ0v) is 18.6. The molecule has 32 heavy (non-hydrogen) atoms. The predicted molar refractivity (Wildman–Crippen MR) is 126 cm³/mol. The third-order valence-corrected chi connectivity index (χ3v) is 6.48. The highest BCUT2D eigenvalue weighted by molar-refractivity contribution is 7.13. The minimum Gasteiger partial charge on any atom is -0.334 e. The van der Waals surface area contributed by atoms with Crippen LogP contribution in [0.3, 0.4) is 0 Å². The van der Waals surface area contributed by atoms with Crippen LogP contribution in [0.25, 0.3) is 16.3 Å². The molecule has 1 N–H and O–H groups in total. The van der Waals surface area contributed by atoms with Crippen molar-refractivity contribution >= 4 is 28.6 Å². The SMILES string of the molecule is CCc1ccc(N2C(=O)NC(c3ccccc3)C(c3nc(-c4cccs4)no3)=C2C)cc1. The van der Waals surface area contributed by atoms with Gasteiger partial charge in [0, 0.05) is 5.70 Å². The number of carbonyl (C=O) groups is 1. The molecule has 3 heterocycles. The van der Waals surface area contributed by atoms with Crippen molar-refractivity contribution in [1.82, 2.24) is 15.5 Å². The Balaban J connectivity index is 1.64. The van der Waals surface area contributed by atoms with Gasteiger partial charge in [-0.2, -0.15) is 4.98 Å². The highest BCUT2D eigenvalue weighted by Gasteiger charge is 2.36. The van der Waals surface area contributed by atoms with Gasteiger partial charge >= 0.3 is 6.03 Å². The Hall–Kier alpha value is -3.71. The molecule has 5 rings (SSSR count). The number of rotatable bonds is 5. The van der Waals surface area contributed by atoms with Crippen LogP contribution < -0.4 is 10.2 Å². The zero-order valence-electron chi connectivity index (χ0n) is 17.8. The van der Waals surface area contributed by atoms with Crippen LogP contribution in [0.4, 0.5) is 10.5 Å². The maximum absolute atomic E-state index is 13.2. The second kappa shape index (κ2) is 8.43. The number of benzene rings is 2. The molecule has 7 heteroatoms. The van der Waals surface area contributed by atoms with E-state index in [1.54, 1.807) is 16.2 Å². The normalized spacial score (nSPS) is 16.4. The molecular weight excluding hydrogens is 420 g/mol. The maximum atomic E-state index is 13.2. The summed E-state index contributed by atoms with van der Waals surface area (Å²) in [5, 5.41) is 9.31. The molecule has 2 amide bonds. The number of aryl methyl sites for hydroxylation is 1. The summed E-state index contributed by atoms with van der Waals surface area (Å²) >= 11 is 1.55. The van der Waals surface area contributed by atoms with Gasteiger partial charge in [-0.1, -0.05) is 60.6 Å². The predicted octanol–water partition coefficient (Wildman–Crippen LogP) is 6.06. The van der Waals surface area contributed by atoms with Gasteiger partial charge in [-0.05, 0) is 48.1 Å². The highest BCUT2D eigenvalue weighted by Crippen LogP contribution is 2.39. The number of anilines is 1. The summed E-state index contributed by atoms with van der Waals surface area (Å²) in [4.78, 5) is 20.5. The molecule has 6 nitrogen and oxygen atoms in total. The first-order chi connectivity index (χ1) is 15.7. The average molecular weight is 443 g/mol. The van der Waals surface area contributed by atoms with Crippen molar-refractivity contribution in [1.29, 1.82) is 0 Å². The fraction of sp³-hybridized carbons (Fsp3) is 0.160. The standard InChI is InChI=1S/C25H22N4O2S/c1-3-17-11-13-19(14-12-17)29-16(2)21(22(26-25(29)30)18-8-5-4-6-9-18)24-27-23(28-31-24)20-10-7-15-32-20/h4-15,22H,3H2,1-2H3,(H,26,30). The molecule has 0 radical (unpaired) electrons. The number of urea groups is 1. The Morgan fingerprint density at radius 2 is 1.84 bits per heavy atom. The first-order valence-electron chi connectivity index (χ1n) is 10.5. The summed E-state index contributed by atoms with van der Waals surface area (Å²) in [6.07, 6.45) is 0.941. The van der Waals surface area contributed by atoms with Gasteiger partial charge in [-0.15, -0.1) is 11.3 Å². The lowest BCUT2D eigenvalue weighted by atomic mass is 9.94. The first-order valence-corrected chi connectivity index (χ1v) is 11.4. The summed E-state index contributed by atoms with van der Waals surface area (Å²) in [5.41, 5.74) is 4.50. The van der Waals surface area contributed by atoms with Crippen molar-refractivity contribution in [3.63, 3.8) is 0 Å². The Labute approximate surface area is 190 Å². The Morgan fingerprint density at radius 1 is 1.06 bits per heavy atom. The smallest absolute Gasteiger partial charge is 0.326 e.